The molecule has 15 heavy (non-hydrogen) atoms. The van der Waals surface area contributed by atoms with Crippen LogP contribution in [0.25, 0.3) is 0 Å². The first kappa shape index (κ1) is 9.84. The van der Waals surface area contributed by atoms with E-state index in [2.05, 4.69) is 6.58 Å². The fourth-order valence-electron chi connectivity index (χ4n) is 1.43. The van der Waals surface area contributed by atoms with E-state index >= 15 is 0 Å². The van der Waals surface area contributed by atoms with E-state index in [0.29, 0.717) is 13.2 Å². The van der Waals surface area contributed by atoms with Crippen LogP contribution in [-0.2, 0) is 0 Å². The van der Waals surface area contributed by atoms with Crippen LogP contribution in [0.3, 0.4) is 0 Å². The summed E-state index contributed by atoms with van der Waals surface area (Å²) in [5.41, 5.74) is 2.13. The number of rotatable bonds is 1. The number of fused-ring (bicyclic) bond motifs is 1. The smallest absolute Gasteiger partial charge is 0.161 e. The zero-order chi connectivity index (χ0) is 10.7. The van der Waals surface area contributed by atoms with Crippen molar-refractivity contribution in [3.05, 3.63) is 48.1 Å². The van der Waals surface area contributed by atoms with Crippen molar-refractivity contribution in [2.24, 2.45) is 0 Å². The van der Waals surface area contributed by atoms with E-state index in [9.17, 15) is 0 Å². The minimum Gasteiger partial charge on any atom is -0.486 e. The second kappa shape index (κ2) is 4.22. The molecule has 1 aliphatic heterocycles. The Labute approximate surface area is 89.8 Å². The van der Waals surface area contributed by atoms with Gasteiger partial charge in [0.05, 0.1) is 0 Å². The van der Waals surface area contributed by atoms with E-state index in [-0.39, 0.29) is 0 Å². The maximum Gasteiger partial charge on any atom is 0.161 e. The van der Waals surface area contributed by atoms with Crippen LogP contribution in [0.15, 0.2) is 48.1 Å². The maximum atomic E-state index is 5.65. The zero-order valence-electron chi connectivity index (χ0n) is 8.82. The van der Waals surface area contributed by atoms with Gasteiger partial charge in [-0.1, -0.05) is 24.3 Å². The Bertz CT molecular complexity index is 405. The average Bonchev–Trinajstić information content (AvgIpc) is 2.18. The summed E-state index contributed by atoms with van der Waals surface area (Å²) in [6, 6.07) is 7.70. The average molecular weight is 202 g/mol. The Balaban J connectivity index is 2.22. The number of hydrogen-bond donors (Lipinski definition) is 0. The molecule has 0 aliphatic carbocycles. The van der Waals surface area contributed by atoms with E-state index in [1.54, 1.807) is 0 Å². The van der Waals surface area contributed by atoms with Crippen molar-refractivity contribution in [3.8, 4) is 11.5 Å². The Morgan fingerprint density at radius 3 is 2.53 bits per heavy atom. The molecule has 0 spiro atoms. The molecule has 2 nitrogen and oxygen atoms in total. The quantitative estimate of drug-likeness (QED) is 0.697. The highest BCUT2D eigenvalue weighted by Crippen LogP contribution is 2.28. The Kier molecular flexibility index (Phi) is 2.77. The van der Waals surface area contributed by atoms with E-state index in [1.807, 2.05) is 37.3 Å². The molecule has 0 saturated heterocycles. The van der Waals surface area contributed by atoms with E-state index in [0.717, 1.165) is 22.6 Å². The third-order valence-electron chi connectivity index (χ3n) is 2.35. The van der Waals surface area contributed by atoms with Gasteiger partial charge in [0.15, 0.2) is 11.5 Å². The lowest BCUT2D eigenvalue weighted by Crippen LogP contribution is -2.09. The van der Waals surface area contributed by atoms with E-state index in [1.165, 1.54) is 0 Å². The second-order valence-corrected chi connectivity index (χ2v) is 3.56. The highest BCUT2D eigenvalue weighted by molar-refractivity contribution is 5.41. The molecule has 0 saturated carbocycles. The molecule has 1 aromatic carbocycles. The Morgan fingerprint density at radius 1 is 1.20 bits per heavy atom. The molecule has 78 valence electrons. The number of para-hydroxylation sites is 2. The third kappa shape index (κ3) is 2.21. The second-order valence-electron chi connectivity index (χ2n) is 3.56. The summed E-state index contributed by atoms with van der Waals surface area (Å²) in [6.45, 7) is 7.02. The first-order valence-corrected chi connectivity index (χ1v) is 4.97. The highest BCUT2D eigenvalue weighted by atomic mass is 16.5. The Morgan fingerprint density at radius 2 is 1.87 bits per heavy atom. The van der Waals surface area contributed by atoms with E-state index in [4.69, 9.17) is 9.47 Å². The summed E-state index contributed by atoms with van der Waals surface area (Å²) in [5.74, 6) is 1.60. The lowest BCUT2D eigenvalue weighted by Gasteiger charge is -2.16. The number of hydrogen-bond acceptors (Lipinski definition) is 2. The van der Waals surface area contributed by atoms with Crippen LogP contribution in [0.5, 0.6) is 11.5 Å². The lowest BCUT2D eigenvalue weighted by atomic mass is 10.1. The van der Waals surface area contributed by atoms with Gasteiger partial charge in [0, 0.05) is 0 Å². The largest absolute Gasteiger partial charge is 0.486 e. The first-order chi connectivity index (χ1) is 7.27. The standard InChI is InChI=1S/C13H14O2/c1-10(2)11-7-8-14-12-5-3-4-6-13(12)15-9-11/h3-7H,1,8-9H2,2H3/b11-7+. The van der Waals surface area contributed by atoms with Crippen molar-refractivity contribution in [3.63, 3.8) is 0 Å². The van der Waals surface area contributed by atoms with Gasteiger partial charge in [-0.05, 0) is 30.7 Å². The van der Waals surface area contributed by atoms with Gasteiger partial charge in [0.2, 0.25) is 0 Å². The van der Waals surface area contributed by atoms with Crippen LogP contribution in [0.1, 0.15) is 6.92 Å². The van der Waals surface area contributed by atoms with Gasteiger partial charge in [-0.2, -0.15) is 0 Å². The van der Waals surface area contributed by atoms with Gasteiger partial charge in [-0.15, -0.1) is 0 Å². The normalized spacial score (nSPS) is 18.3. The molecule has 0 N–H and O–H groups in total. The molecule has 1 heterocycles. The molecular weight excluding hydrogens is 188 g/mol. The minimum atomic E-state index is 0.565. The van der Waals surface area contributed by atoms with Crippen LogP contribution >= 0.6 is 0 Å². The molecule has 0 atom stereocenters. The summed E-state index contributed by atoms with van der Waals surface area (Å²) >= 11 is 0. The van der Waals surface area contributed by atoms with Crippen LogP contribution in [-0.4, -0.2) is 13.2 Å². The predicted molar refractivity (Wildman–Crippen MR) is 60.3 cm³/mol. The van der Waals surface area contributed by atoms with Gasteiger partial charge in [0.25, 0.3) is 0 Å². The first-order valence-electron chi connectivity index (χ1n) is 4.97. The van der Waals surface area contributed by atoms with E-state index < -0.39 is 0 Å². The SMILES string of the molecule is C=C(C)/C1=C/COc2ccccc2OC1. The molecule has 2 heteroatoms. The summed E-state index contributed by atoms with van der Waals surface area (Å²) in [7, 11) is 0. The lowest BCUT2D eigenvalue weighted by molar-refractivity contribution is 0.291. The molecule has 0 amide bonds. The Hall–Kier alpha value is -1.70. The molecule has 0 unspecified atom stereocenters. The molecule has 1 aromatic rings. The topological polar surface area (TPSA) is 18.5 Å². The molecule has 0 aromatic heterocycles. The van der Waals surface area contributed by atoms with Crippen molar-refractivity contribution in [1.29, 1.82) is 0 Å². The summed E-state index contributed by atoms with van der Waals surface area (Å²) in [5, 5.41) is 0. The van der Waals surface area contributed by atoms with Crippen LogP contribution in [0.2, 0.25) is 0 Å². The molecule has 0 fully saturated rings. The van der Waals surface area contributed by atoms with Crippen molar-refractivity contribution >= 4 is 0 Å². The molecule has 0 bridgehead atoms. The third-order valence-corrected chi connectivity index (χ3v) is 2.35. The van der Waals surface area contributed by atoms with Gasteiger partial charge in [-0.25, -0.2) is 0 Å². The fourth-order valence-corrected chi connectivity index (χ4v) is 1.43. The number of benzene rings is 1. The summed E-state index contributed by atoms with van der Waals surface area (Å²) < 4.78 is 11.2. The summed E-state index contributed by atoms with van der Waals surface area (Å²) in [6.07, 6.45) is 2.01. The van der Waals surface area contributed by atoms with Crippen molar-refractivity contribution in [2.45, 2.75) is 6.92 Å². The van der Waals surface area contributed by atoms with Crippen molar-refractivity contribution in [2.75, 3.05) is 13.2 Å². The fraction of sp³-hybridized carbons (Fsp3) is 0.231. The van der Waals surface area contributed by atoms with Crippen LogP contribution < -0.4 is 9.47 Å². The van der Waals surface area contributed by atoms with Gasteiger partial charge < -0.3 is 9.47 Å². The minimum absolute atomic E-state index is 0.565. The zero-order valence-corrected chi connectivity index (χ0v) is 8.82. The maximum absolute atomic E-state index is 5.65. The molecule has 0 radical (unpaired) electrons. The summed E-state index contributed by atoms with van der Waals surface area (Å²) in [4.78, 5) is 0. The molecule has 2 rings (SSSR count). The van der Waals surface area contributed by atoms with Crippen molar-refractivity contribution in [1.82, 2.24) is 0 Å². The van der Waals surface area contributed by atoms with Gasteiger partial charge in [0.1, 0.15) is 13.2 Å². The number of ether oxygens (including phenoxy) is 2. The molecular formula is C13H14O2. The van der Waals surface area contributed by atoms with Crippen LogP contribution in [0.4, 0.5) is 0 Å². The van der Waals surface area contributed by atoms with Gasteiger partial charge in [-0.3, -0.25) is 0 Å². The van der Waals surface area contributed by atoms with Crippen LogP contribution in [0, 0.1) is 0 Å². The highest BCUT2D eigenvalue weighted by Gasteiger charge is 2.08. The predicted octanol–water partition coefficient (Wildman–Crippen LogP) is 2.96. The van der Waals surface area contributed by atoms with Gasteiger partial charge >= 0.3 is 0 Å². The monoisotopic (exact) mass is 202 g/mol. The van der Waals surface area contributed by atoms with Crippen molar-refractivity contribution < 1.29 is 9.47 Å². The molecule has 1 aliphatic rings.